The summed E-state index contributed by atoms with van der Waals surface area (Å²) in [5.74, 6) is 0.384. The smallest absolute Gasteiger partial charge is 0.270 e. The molecule has 2 aromatic heterocycles. The number of nitrogens with zero attached hydrogens (tertiary/aromatic N) is 1. The molecule has 0 fully saturated rings. The first-order valence-electron chi connectivity index (χ1n) is 6.37. The number of fused-ring (bicyclic) bond motifs is 1. The highest BCUT2D eigenvalue weighted by Gasteiger charge is 2.33. The molecule has 106 valence electrons. The Morgan fingerprint density at radius 3 is 2.75 bits per heavy atom. The number of aromatic amines is 1. The Bertz CT molecular complexity index is 728. The maximum Gasteiger partial charge on any atom is 0.270 e. The molecule has 0 radical (unpaired) electrons. The lowest BCUT2D eigenvalue weighted by atomic mass is 9.92. The summed E-state index contributed by atoms with van der Waals surface area (Å²) in [4.78, 5) is 25.2. The molecule has 3 rings (SSSR count). The van der Waals surface area contributed by atoms with Gasteiger partial charge in [0.1, 0.15) is 5.82 Å². The number of H-pyrrole nitrogens is 1. The van der Waals surface area contributed by atoms with Crippen LogP contribution in [0.15, 0.2) is 20.7 Å². The Hall–Kier alpha value is -1.34. The number of nitrogens with one attached hydrogen (secondary N) is 2. The Morgan fingerprint density at radius 1 is 1.40 bits per heavy atom. The molecule has 0 bridgehead atoms. The third-order valence-corrected chi connectivity index (χ3v) is 5.15. The van der Waals surface area contributed by atoms with E-state index in [1.54, 1.807) is 16.0 Å². The summed E-state index contributed by atoms with van der Waals surface area (Å²) < 4.78 is 2.73. The SMILES string of the molecule is CC(C)n1[nH]c(=O)c2c1NC(=O)C[C@H]2c1ccc(Br)s1. The van der Waals surface area contributed by atoms with Crippen LogP contribution in [0.5, 0.6) is 0 Å². The molecule has 2 aromatic rings. The molecule has 7 heteroatoms. The van der Waals surface area contributed by atoms with E-state index in [0.29, 0.717) is 17.8 Å². The number of carbonyl (C=O) groups is 1. The fraction of sp³-hybridized carbons (Fsp3) is 0.385. The molecule has 20 heavy (non-hydrogen) atoms. The molecule has 0 unspecified atom stereocenters. The lowest BCUT2D eigenvalue weighted by Crippen LogP contribution is -2.26. The molecule has 5 nitrogen and oxygen atoms in total. The van der Waals surface area contributed by atoms with Gasteiger partial charge in [0, 0.05) is 23.3 Å². The van der Waals surface area contributed by atoms with Crippen LogP contribution in [0.4, 0.5) is 5.82 Å². The van der Waals surface area contributed by atoms with Crippen LogP contribution in [0.2, 0.25) is 0 Å². The second kappa shape index (κ2) is 4.89. The van der Waals surface area contributed by atoms with E-state index in [1.807, 2.05) is 26.0 Å². The van der Waals surface area contributed by atoms with Gasteiger partial charge in [0.05, 0.1) is 9.35 Å². The van der Waals surface area contributed by atoms with Crippen molar-refractivity contribution in [3.05, 3.63) is 36.7 Å². The van der Waals surface area contributed by atoms with E-state index in [1.165, 1.54) is 0 Å². The van der Waals surface area contributed by atoms with Crippen LogP contribution < -0.4 is 10.9 Å². The van der Waals surface area contributed by atoms with Gasteiger partial charge in [-0.2, -0.15) is 0 Å². The van der Waals surface area contributed by atoms with Crippen molar-refractivity contribution in [2.24, 2.45) is 0 Å². The summed E-state index contributed by atoms with van der Waals surface area (Å²) in [6.07, 6.45) is 0.311. The van der Waals surface area contributed by atoms with Crippen molar-refractivity contribution in [1.29, 1.82) is 0 Å². The van der Waals surface area contributed by atoms with E-state index in [2.05, 4.69) is 26.3 Å². The van der Waals surface area contributed by atoms with E-state index in [4.69, 9.17) is 0 Å². The molecule has 0 spiro atoms. The highest BCUT2D eigenvalue weighted by Crippen LogP contribution is 2.39. The lowest BCUT2D eigenvalue weighted by Gasteiger charge is -2.23. The van der Waals surface area contributed by atoms with Gasteiger partial charge < -0.3 is 5.32 Å². The molecule has 1 amide bonds. The molecule has 1 aliphatic rings. The Balaban J connectivity index is 2.18. The minimum Gasteiger partial charge on any atom is -0.311 e. The molecule has 0 saturated heterocycles. The number of carbonyl (C=O) groups excluding carboxylic acids is 1. The third-order valence-electron chi connectivity index (χ3n) is 3.41. The average molecular weight is 356 g/mol. The minimum atomic E-state index is -0.168. The van der Waals surface area contributed by atoms with Crippen molar-refractivity contribution in [3.8, 4) is 0 Å². The summed E-state index contributed by atoms with van der Waals surface area (Å²) in [6, 6.07) is 3.99. The summed E-state index contributed by atoms with van der Waals surface area (Å²) in [5.41, 5.74) is 0.538. The normalized spacial score (nSPS) is 18.2. The number of rotatable bonds is 2. The van der Waals surface area contributed by atoms with Crippen molar-refractivity contribution in [2.75, 3.05) is 5.32 Å². The van der Waals surface area contributed by atoms with Gasteiger partial charge in [-0.15, -0.1) is 11.3 Å². The third kappa shape index (κ3) is 2.14. The van der Waals surface area contributed by atoms with E-state index < -0.39 is 0 Å². The molecular formula is C13H14BrN3O2S. The maximum atomic E-state index is 12.3. The number of amides is 1. The Labute approximate surface area is 128 Å². The van der Waals surface area contributed by atoms with Crippen LogP contribution in [0.3, 0.4) is 0 Å². The van der Waals surface area contributed by atoms with E-state index in [0.717, 1.165) is 8.66 Å². The topological polar surface area (TPSA) is 66.9 Å². The zero-order chi connectivity index (χ0) is 14.4. The van der Waals surface area contributed by atoms with Crippen LogP contribution in [-0.4, -0.2) is 15.7 Å². The second-order valence-corrected chi connectivity index (χ2v) is 7.61. The molecule has 3 heterocycles. The number of anilines is 1. The Morgan fingerprint density at radius 2 is 2.15 bits per heavy atom. The first kappa shape index (κ1) is 13.6. The zero-order valence-corrected chi connectivity index (χ0v) is 13.5. The van der Waals surface area contributed by atoms with E-state index in [9.17, 15) is 9.59 Å². The predicted molar refractivity (Wildman–Crippen MR) is 82.5 cm³/mol. The van der Waals surface area contributed by atoms with Crippen LogP contribution >= 0.6 is 27.3 Å². The van der Waals surface area contributed by atoms with Crippen LogP contribution in [0.25, 0.3) is 0 Å². The monoisotopic (exact) mass is 355 g/mol. The zero-order valence-electron chi connectivity index (χ0n) is 11.1. The van der Waals surface area contributed by atoms with Gasteiger partial charge in [0.2, 0.25) is 5.91 Å². The van der Waals surface area contributed by atoms with E-state index in [-0.39, 0.29) is 23.4 Å². The Kier molecular flexibility index (Phi) is 3.33. The van der Waals surface area contributed by atoms with Crippen LogP contribution in [0, 0.1) is 0 Å². The number of halogens is 1. The van der Waals surface area contributed by atoms with Crippen LogP contribution in [-0.2, 0) is 4.79 Å². The highest BCUT2D eigenvalue weighted by atomic mass is 79.9. The lowest BCUT2D eigenvalue weighted by molar-refractivity contribution is -0.116. The standard InChI is InChI=1S/C13H14BrN3O2S/c1-6(2)17-12-11(13(19)16-17)7(5-10(18)15-12)8-3-4-9(14)20-8/h3-4,6-7H,5H2,1-2H3,(H,15,18)(H,16,19)/t7-/m0/s1. The van der Waals surface area contributed by atoms with Crippen molar-refractivity contribution in [1.82, 2.24) is 9.78 Å². The predicted octanol–water partition coefficient (Wildman–Crippen LogP) is 3.06. The molecule has 0 aromatic carbocycles. The molecule has 1 aliphatic heterocycles. The highest BCUT2D eigenvalue weighted by molar-refractivity contribution is 9.11. The van der Waals surface area contributed by atoms with Crippen molar-refractivity contribution >= 4 is 39.0 Å². The molecule has 0 saturated carbocycles. The number of aromatic nitrogens is 2. The molecule has 1 atom stereocenters. The fourth-order valence-electron chi connectivity index (χ4n) is 2.53. The fourth-order valence-corrected chi connectivity index (χ4v) is 4.06. The minimum absolute atomic E-state index is 0.0552. The molecule has 0 aliphatic carbocycles. The van der Waals surface area contributed by atoms with Gasteiger partial charge in [-0.1, -0.05) is 0 Å². The largest absolute Gasteiger partial charge is 0.311 e. The van der Waals surface area contributed by atoms with Gasteiger partial charge in [-0.3, -0.25) is 19.4 Å². The van der Waals surface area contributed by atoms with Gasteiger partial charge in [0.25, 0.3) is 5.56 Å². The first-order valence-corrected chi connectivity index (χ1v) is 7.97. The van der Waals surface area contributed by atoms with Gasteiger partial charge in [0.15, 0.2) is 0 Å². The number of hydrogen-bond acceptors (Lipinski definition) is 3. The quantitative estimate of drug-likeness (QED) is 0.869. The van der Waals surface area contributed by atoms with E-state index >= 15 is 0 Å². The van der Waals surface area contributed by atoms with Gasteiger partial charge in [-0.05, 0) is 41.9 Å². The average Bonchev–Trinajstić information content (AvgIpc) is 2.93. The molecular weight excluding hydrogens is 342 g/mol. The second-order valence-electron chi connectivity index (χ2n) is 5.11. The van der Waals surface area contributed by atoms with Gasteiger partial charge in [-0.25, -0.2) is 0 Å². The summed E-state index contributed by atoms with van der Waals surface area (Å²) in [7, 11) is 0. The van der Waals surface area contributed by atoms with Crippen molar-refractivity contribution < 1.29 is 4.79 Å². The molecule has 2 N–H and O–H groups in total. The summed E-state index contributed by atoms with van der Waals surface area (Å²) in [5, 5.41) is 5.64. The summed E-state index contributed by atoms with van der Waals surface area (Å²) in [6.45, 7) is 3.93. The van der Waals surface area contributed by atoms with Crippen molar-refractivity contribution in [2.45, 2.75) is 32.2 Å². The van der Waals surface area contributed by atoms with Crippen LogP contribution in [0.1, 0.15) is 42.7 Å². The maximum absolute atomic E-state index is 12.3. The first-order chi connectivity index (χ1) is 9.47. The number of thiophene rings is 1. The summed E-state index contributed by atoms with van der Waals surface area (Å²) >= 11 is 4.99. The van der Waals surface area contributed by atoms with Gasteiger partial charge >= 0.3 is 0 Å². The van der Waals surface area contributed by atoms with Crippen molar-refractivity contribution in [3.63, 3.8) is 0 Å². The number of hydrogen-bond donors (Lipinski definition) is 2.